The zero-order chi connectivity index (χ0) is 11.2. The Bertz CT molecular complexity index is 422. The van der Waals surface area contributed by atoms with Gasteiger partial charge in [-0.25, -0.2) is 4.98 Å². The molecule has 0 radical (unpaired) electrons. The normalized spacial score (nSPS) is 10.6. The first-order valence-corrected chi connectivity index (χ1v) is 5.67. The smallest absolute Gasteiger partial charge is 0.151 e. The Balaban J connectivity index is 1.89. The maximum Gasteiger partial charge on any atom is 0.151 e. The second-order valence-electron chi connectivity index (χ2n) is 3.80. The van der Waals surface area contributed by atoms with E-state index in [1.807, 2.05) is 24.5 Å². The Kier molecular flexibility index (Phi) is 3.64. The average Bonchev–Trinajstić information content (AvgIpc) is 2.76. The van der Waals surface area contributed by atoms with E-state index >= 15 is 0 Å². The van der Waals surface area contributed by atoms with Gasteiger partial charge in [-0.2, -0.15) is 5.10 Å². The summed E-state index contributed by atoms with van der Waals surface area (Å²) in [7, 11) is 0. The van der Waals surface area contributed by atoms with E-state index in [1.54, 1.807) is 0 Å². The van der Waals surface area contributed by atoms with Gasteiger partial charge in [0, 0.05) is 25.2 Å². The van der Waals surface area contributed by atoms with Gasteiger partial charge in [0.25, 0.3) is 0 Å². The molecule has 2 heterocycles. The number of H-pyrrole nitrogens is 1. The number of nitrogens with zero attached hydrogens (tertiary/aromatic N) is 3. The van der Waals surface area contributed by atoms with Crippen LogP contribution in [-0.2, 0) is 19.3 Å². The standard InChI is InChI=1S/C12H16N4/c1-2-3-11-14-12(16-15-11)5-4-10-6-8-13-9-7-10/h6-9H,2-5H2,1H3,(H,14,15,16). The number of aromatic amines is 1. The quantitative estimate of drug-likeness (QED) is 0.831. The summed E-state index contributed by atoms with van der Waals surface area (Å²) in [6.07, 6.45) is 7.54. The second-order valence-corrected chi connectivity index (χ2v) is 3.80. The molecule has 0 aliphatic heterocycles. The number of pyridine rings is 1. The molecule has 0 aromatic carbocycles. The summed E-state index contributed by atoms with van der Waals surface area (Å²) in [5, 5.41) is 7.17. The summed E-state index contributed by atoms with van der Waals surface area (Å²) in [5.74, 6) is 1.90. The van der Waals surface area contributed by atoms with E-state index in [0.29, 0.717) is 0 Å². The summed E-state index contributed by atoms with van der Waals surface area (Å²) in [6.45, 7) is 2.14. The summed E-state index contributed by atoms with van der Waals surface area (Å²) >= 11 is 0. The number of hydrogen-bond donors (Lipinski definition) is 1. The molecule has 0 spiro atoms. The van der Waals surface area contributed by atoms with Crippen molar-refractivity contribution in [3.8, 4) is 0 Å². The number of aryl methyl sites for hydroxylation is 3. The van der Waals surface area contributed by atoms with Crippen LogP contribution in [0.1, 0.15) is 30.6 Å². The van der Waals surface area contributed by atoms with Crippen LogP contribution in [0.5, 0.6) is 0 Å². The van der Waals surface area contributed by atoms with Gasteiger partial charge in [-0.05, 0) is 30.5 Å². The number of hydrogen-bond acceptors (Lipinski definition) is 3. The summed E-state index contributed by atoms with van der Waals surface area (Å²) in [6, 6.07) is 4.05. The third-order valence-corrected chi connectivity index (χ3v) is 2.45. The zero-order valence-electron chi connectivity index (χ0n) is 9.48. The van der Waals surface area contributed by atoms with E-state index in [1.165, 1.54) is 5.56 Å². The topological polar surface area (TPSA) is 54.5 Å². The van der Waals surface area contributed by atoms with Crippen molar-refractivity contribution in [2.45, 2.75) is 32.6 Å². The molecule has 0 atom stereocenters. The van der Waals surface area contributed by atoms with Crippen LogP contribution in [0.3, 0.4) is 0 Å². The van der Waals surface area contributed by atoms with E-state index in [2.05, 4.69) is 27.1 Å². The molecule has 0 aliphatic rings. The van der Waals surface area contributed by atoms with Crippen molar-refractivity contribution >= 4 is 0 Å². The Morgan fingerprint density at radius 1 is 1.12 bits per heavy atom. The van der Waals surface area contributed by atoms with Gasteiger partial charge in [0.1, 0.15) is 5.82 Å². The van der Waals surface area contributed by atoms with Gasteiger partial charge in [-0.15, -0.1) is 0 Å². The summed E-state index contributed by atoms with van der Waals surface area (Å²) in [5.41, 5.74) is 1.27. The molecule has 0 fully saturated rings. The maximum absolute atomic E-state index is 4.43. The molecule has 2 rings (SSSR count). The fraction of sp³-hybridized carbons (Fsp3) is 0.417. The van der Waals surface area contributed by atoms with Crippen molar-refractivity contribution in [1.29, 1.82) is 0 Å². The van der Waals surface area contributed by atoms with Crippen LogP contribution in [0.25, 0.3) is 0 Å². The van der Waals surface area contributed by atoms with Crippen molar-refractivity contribution in [3.63, 3.8) is 0 Å². The molecule has 0 bridgehead atoms. The molecule has 0 amide bonds. The molecule has 1 N–H and O–H groups in total. The molecular weight excluding hydrogens is 200 g/mol. The van der Waals surface area contributed by atoms with Crippen LogP contribution < -0.4 is 0 Å². The molecular formula is C12H16N4. The van der Waals surface area contributed by atoms with E-state index in [-0.39, 0.29) is 0 Å². The molecule has 2 aromatic rings. The fourth-order valence-corrected chi connectivity index (χ4v) is 1.60. The van der Waals surface area contributed by atoms with Gasteiger partial charge < -0.3 is 0 Å². The SMILES string of the molecule is CCCc1nc(CCc2ccncc2)n[nH]1. The number of rotatable bonds is 5. The third kappa shape index (κ3) is 2.89. The highest BCUT2D eigenvalue weighted by Crippen LogP contribution is 2.03. The summed E-state index contributed by atoms with van der Waals surface area (Å²) in [4.78, 5) is 8.42. The highest BCUT2D eigenvalue weighted by molar-refractivity contribution is 5.10. The predicted molar refractivity (Wildman–Crippen MR) is 62.0 cm³/mol. The summed E-state index contributed by atoms with van der Waals surface area (Å²) < 4.78 is 0. The van der Waals surface area contributed by atoms with E-state index in [9.17, 15) is 0 Å². The second kappa shape index (κ2) is 5.39. The minimum atomic E-state index is 0.879. The van der Waals surface area contributed by atoms with Gasteiger partial charge >= 0.3 is 0 Å². The molecule has 4 heteroatoms. The van der Waals surface area contributed by atoms with Gasteiger partial charge in [0.15, 0.2) is 5.82 Å². The van der Waals surface area contributed by atoms with Crippen molar-refractivity contribution in [2.75, 3.05) is 0 Å². The van der Waals surface area contributed by atoms with E-state index in [0.717, 1.165) is 37.3 Å². The van der Waals surface area contributed by atoms with Crippen LogP contribution in [0.2, 0.25) is 0 Å². The van der Waals surface area contributed by atoms with Crippen molar-refractivity contribution in [1.82, 2.24) is 20.2 Å². The Morgan fingerprint density at radius 2 is 1.94 bits per heavy atom. The lowest BCUT2D eigenvalue weighted by molar-refractivity contribution is 0.840. The van der Waals surface area contributed by atoms with Crippen LogP contribution in [0, 0.1) is 0 Å². The van der Waals surface area contributed by atoms with Crippen molar-refractivity contribution in [2.24, 2.45) is 0 Å². The molecule has 0 saturated heterocycles. The molecule has 0 aliphatic carbocycles. The predicted octanol–water partition coefficient (Wildman–Crippen LogP) is 1.94. The average molecular weight is 216 g/mol. The lowest BCUT2D eigenvalue weighted by atomic mass is 10.1. The van der Waals surface area contributed by atoms with Crippen LogP contribution in [0.4, 0.5) is 0 Å². The monoisotopic (exact) mass is 216 g/mol. The molecule has 0 unspecified atom stereocenters. The largest absolute Gasteiger partial charge is 0.265 e. The van der Waals surface area contributed by atoms with Crippen LogP contribution in [-0.4, -0.2) is 20.2 Å². The highest BCUT2D eigenvalue weighted by atomic mass is 15.2. The fourth-order valence-electron chi connectivity index (χ4n) is 1.60. The molecule has 4 nitrogen and oxygen atoms in total. The molecule has 16 heavy (non-hydrogen) atoms. The van der Waals surface area contributed by atoms with Crippen molar-refractivity contribution in [3.05, 3.63) is 41.7 Å². The molecule has 84 valence electrons. The van der Waals surface area contributed by atoms with Crippen molar-refractivity contribution < 1.29 is 0 Å². The Hall–Kier alpha value is -1.71. The first-order chi connectivity index (χ1) is 7.88. The van der Waals surface area contributed by atoms with E-state index in [4.69, 9.17) is 0 Å². The Labute approximate surface area is 95.1 Å². The molecule has 0 saturated carbocycles. The van der Waals surface area contributed by atoms with Gasteiger partial charge in [-0.1, -0.05) is 6.92 Å². The van der Waals surface area contributed by atoms with Gasteiger partial charge in [0.2, 0.25) is 0 Å². The zero-order valence-corrected chi connectivity index (χ0v) is 9.48. The first-order valence-electron chi connectivity index (χ1n) is 5.67. The minimum Gasteiger partial charge on any atom is -0.265 e. The van der Waals surface area contributed by atoms with Gasteiger partial charge in [-0.3, -0.25) is 10.1 Å². The lowest BCUT2D eigenvalue weighted by Gasteiger charge is -1.96. The minimum absolute atomic E-state index is 0.879. The maximum atomic E-state index is 4.43. The van der Waals surface area contributed by atoms with E-state index < -0.39 is 0 Å². The third-order valence-electron chi connectivity index (χ3n) is 2.45. The van der Waals surface area contributed by atoms with Crippen LogP contribution in [0.15, 0.2) is 24.5 Å². The highest BCUT2D eigenvalue weighted by Gasteiger charge is 2.02. The lowest BCUT2D eigenvalue weighted by Crippen LogP contribution is -1.94. The van der Waals surface area contributed by atoms with Crippen LogP contribution >= 0.6 is 0 Å². The Morgan fingerprint density at radius 3 is 2.69 bits per heavy atom. The number of aromatic nitrogens is 4. The molecule has 2 aromatic heterocycles. The number of nitrogens with one attached hydrogen (secondary N) is 1. The van der Waals surface area contributed by atoms with Gasteiger partial charge in [0.05, 0.1) is 0 Å². The first kappa shape index (κ1) is 10.8.